The molecule has 0 aliphatic heterocycles. The van der Waals surface area contributed by atoms with E-state index in [2.05, 4.69) is 5.10 Å². The third-order valence-electron chi connectivity index (χ3n) is 2.67. The summed E-state index contributed by atoms with van der Waals surface area (Å²) >= 11 is 6.36. The highest BCUT2D eigenvalue weighted by Crippen LogP contribution is 2.37. The average molecular weight is 351 g/mol. The zero-order valence-corrected chi connectivity index (χ0v) is 13.4. The predicted octanol–water partition coefficient (Wildman–Crippen LogP) is 1.86. The van der Waals surface area contributed by atoms with Crippen LogP contribution in [-0.2, 0) is 23.6 Å². The van der Waals surface area contributed by atoms with E-state index in [1.165, 1.54) is 7.05 Å². The van der Waals surface area contributed by atoms with Crippen LogP contribution in [0.2, 0.25) is 4.34 Å². The van der Waals surface area contributed by atoms with E-state index in [9.17, 15) is 18.5 Å². The summed E-state index contributed by atoms with van der Waals surface area (Å²) in [5.41, 5.74) is 0.302. The van der Waals surface area contributed by atoms with Gasteiger partial charge in [0, 0.05) is 38.5 Å². The van der Waals surface area contributed by atoms with Gasteiger partial charge in [-0.3, -0.25) is 14.8 Å². The van der Waals surface area contributed by atoms with Crippen molar-refractivity contribution >= 4 is 38.6 Å². The molecule has 0 saturated carbocycles. The topological polar surface area (TPSA) is 98.3 Å². The number of nitro groups is 1. The number of thiophene rings is 1. The molecule has 0 saturated heterocycles. The molecule has 2 heterocycles. The van der Waals surface area contributed by atoms with Gasteiger partial charge in [-0.25, -0.2) is 8.42 Å². The van der Waals surface area contributed by atoms with Gasteiger partial charge in [-0.2, -0.15) is 9.40 Å². The second kappa shape index (κ2) is 5.72. The van der Waals surface area contributed by atoms with Crippen LogP contribution in [0.25, 0.3) is 0 Å². The fourth-order valence-electron chi connectivity index (χ4n) is 1.64. The molecule has 0 aromatic carbocycles. The molecule has 11 heteroatoms. The van der Waals surface area contributed by atoms with Crippen LogP contribution < -0.4 is 0 Å². The third-order valence-corrected chi connectivity index (χ3v) is 6.26. The van der Waals surface area contributed by atoms with Crippen LogP contribution in [-0.4, -0.2) is 34.5 Å². The number of hydrogen-bond donors (Lipinski definition) is 0. The fraction of sp³-hybridized carbons (Fsp3) is 0.300. The highest BCUT2D eigenvalue weighted by atomic mass is 35.5. The normalized spacial score (nSPS) is 12.0. The maximum atomic E-state index is 12.4. The monoisotopic (exact) mass is 350 g/mol. The van der Waals surface area contributed by atoms with Crippen LogP contribution in [0.4, 0.5) is 5.69 Å². The van der Waals surface area contributed by atoms with Crippen LogP contribution in [0, 0.1) is 10.1 Å². The van der Waals surface area contributed by atoms with E-state index in [0.29, 0.717) is 16.9 Å². The molecule has 2 rings (SSSR count). The number of rotatable bonds is 5. The first kappa shape index (κ1) is 15.9. The first-order valence-corrected chi connectivity index (χ1v) is 8.23. The van der Waals surface area contributed by atoms with Crippen LogP contribution in [0.3, 0.4) is 0 Å². The molecular formula is C10H11ClN4O4S2. The first-order chi connectivity index (χ1) is 9.71. The molecule has 0 spiro atoms. The standard InChI is InChI=1S/C10H11ClN4O4S2/c1-13-5-7(4-12-13)6-14(2)21(18,19)9-3-8(15(16)17)10(11)20-9/h3-5H,6H2,1-2H3. The Morgan fingerprint density at radius 3 is 2.71 bits per heavy atom. The summed E-state index contributed by atoms with van der Waals surface area (Å²) in [5, 5.41) is 14.7. The molecule has 21 heavy (non-hydrogen) atoms. The Morgan fingerprint density at radius 2 is 2.24 bits per heavy atom. The number of hydrogen-bond acceptors (Lipinski definition) is 6. The lowest BCUT2D eigenvalue weighted by Crippen LogP contribution is -2.25. The van der Waals surface area contributed by atoms with E-state index in [-0.39, 0.29) is 15.1 Å². The van der Waals surface area contributed by atoms with Gasteiger partial charge in [-0.05, 0) is 0 Å². The van der Waals surface area contributed by atoms with E-state index < -0.39 is 20.6 Å². The zero-order chi connectivity index (χ0) is 15.8. The average Bonchev–Trinajstić information content (AvgIpc) is 2.95. The second-order valence-electron chi connectivity index (χ2n) is 4.26. The Morgan fingerprint density at radius 1 is 1.57 bits per heavy atom. The lowest BCUT2D eigenvalue weighted by Gasteiger charge is -2.14. The summed E-state index contributed by atoms with van der Waals surface area (Å²) < 4.78 is 27.0. The van der Waals surface area contributed by atoms with Crippen molar-refractivity contribution in [3.05, 3.63) is 38.5 Å². The number of sulfonamides is 1. The molecule has 8 nitrogen and oxygen atoms in total. The van der Waals surface area contributed by atoms with Crippen molar-refractivity contribution < 1.29 is 13.3 Å². The maximum absolute atomic E-state index is 12.4. The quantitative estimate of drug-likeness (QED) is 0.605. The van der Waals surface area contributed by atoms with Gasteiger partial charge in [0.2, 0.25) is 0 Å². The minimum atomic E-state index is -3.84. The molecule has 0 fully saturated rings. The van der Waals surface area contributed by atoms with Gasteiger partial charge in [-0.1, -0.05) is 11.6 Å². The van der Waals surface area contributed by atoms with E-state index in [1.807, 2.05) is 0 Å². The van der Waals surface area contributed by atoms with Crippen molar-refractivity contribution in [1.82, 2.24) is 14.1 Å². The van der Waals surface area contributed by atoms with Crippen molar-refractivity contribution in [3.63, 3.8) is 0 Å². The minimum absolute atomic E-state index is 0.111. The lowest BCUT2D eigenvalue weighted by molar-refractivity contribution is -0.384. The van der Waals surface area contributed by atoms with Crippen LogP contribution in [0.15, 0.2) is 22.7 Å². The molecule has 0 aliphatic rings. The Kier molecular flexibility index (Phi) is 4.33. The van der Waals surface area contributed by atoms with E-state index >= 15 is 0 Å². The van der Waals surface area contributed by atoms with Crippen molar-refractivity contribution in [2.45, 2.75) is 10.8 Å². The molecule has 2 aromatic rings. The molecule has 0 unspecified atom stereocenters. The van der Waals surface area contributed by atoms with Crippen molar-refractivity contribution in [2.75, 3.05) is 7.05 Å². The number of halogens is 1. The molecule has 0 radical (unpaired) electrons. The Labute approximate surface area is 129 Å². The maximum Gasteiger partial charge on any atom is 0.300 e. The zero-order valence-electron chi connectivity index (χ0n) is 11.1. The Hall–Kier alpha value is -1.49. The smallest absolute Gasteiger partial charge is 0.275 e. The van der Waals surface area contributed by atoms with Gasteiger partial charge in [0.25, 0.3) is 15.7 Å². The lowest BCUT2D eigenvalue weighted by atomic mass is 10.4. The van der Waals surface area contributed by atoms with E-state index in [0.717, 1.165) is 10.4 Å². The SMILES string of the molecule is CN(Cc1cnn(C)c1)S(=O)(=O)c1cc([N+](=O)[O-])c(Cl)s1. The van der Waals surface area contributed by atoms with Crippen LogP contribution in [0.5, 0.6) is 0 Å². The number of aromatic nitrogens is 2. The van der Waals surface area contributed by atoms with Gasteiger partial charge < -0.3 is 0 Å². The van der Waals surface area contributed by atoms with Gasteiger partial charge in [-0.15, -0.1) is 11.3 Å². The molecule has 0 aliphatic carbocycles. The largest absolute Gasteiger partial charge is 0.300 e. The summed E-state index contributed by atoms with van der Waals surface area (Å²) in [7, 11) is -0.724. The van der Waals surface area contributed by atoms with Crippen molar-refractivity contribution in [2.24, 2.45) is 7.05 Å². The number of aryl methyl sites for hydroxylation is 1. The third kappa shape index (κ3) is 3.23. The molecule has 2 aromatic heterocycles. The molecule has 0 bridgehead atoms. The highest BCUT2D eigenvalue weighted by molar-refractivity contribution is 7.91. The first-order valence-electron chi connectivity index (χ1n) is 5.59. The van der Waals surface area contributed by atoms with Gasteiger partial charge >= 0.3 is 0 Å². The molecule has 0 atom stereocenters. The summed E-state index contributed by atoms with van der Waals surface area (Å²) in [6.45, 7) is 0.111. The Bertz CT molecular complexity index is 783. The molecular weight excluding hydrogens is 340 g/mol. The van der Waals surface area contributed by atoms with Gasteiger partial charge in [0.1, 0.15) is 4.21 Å². The summed E-state index contributed by atoms with van der Waals surface area (Å²) in [5.74, 6) is 0. The molecule has 0 amide bonds. The van der Waals surface area contributed by atoms with Crippen LogP contribution >= 0.6 is 22.9 Å². The second-order valence-corrected chi connectivity index (χ2v) is 8.19. The molecule has 0 N–H and O–H groups in total. The van der Waals surface area contributed by atoms with E-state index in [1.54, 1.807) is 24.1 Å². The van der Waals surface area contributed by atoms with Gasteiger partial charge in [0.05, 0.1) is 11.1 Å². The van der Waals surface area contributed by atoms with Crippen molar-refractivity contribution in [1.29, 1.82) is 0 Å². The van der Waals surface area contributed by atoms with E-state index in [4.69, 9.17) is 11.6 Å². The summed E-state index contributed by atoms with van der Waals surface area (Å²) in [6, 6.07) is 0.974. The van der Waals surface area contributed by atoms with Crippen molar-refractivity contribution in [3.8, 4) is 0 Å². The molecule has 114 valence electrons. The Balaban J connectivity index is 2.28. The number of nitrogens with zero attached hydrogens (tertiary/aromatic N) is 4. The minimum Gasteiger partial charge on any atom is -0.275 e. The predicted molar refractivity (Wildman–Crippen MR) is 77.8 cm³/mol. The summed E-state index contributed by atoms with van der Waals surface area (Å²) in [4.78, 5) is 10.0. The fourth-order valence-corrected chi connectivity index (χ4v) is 4.67. The van der Waals surface area contributed by atoms with Crippen LogP contribution in [0.1, 0.15) is 5.56 Å². The summed E-state index contributed by atoms with van der Waals surface area (Å²) in [6.07, 6.45) is 3.24. The highest BCUT2D eigenvalue weighted by Gasteiger charge is 2.28. The van der Waals surface area contributed by atoms with Gasteiger partial charge in [0.15, 0.2) is 4.34 Å².